The molecule has 0 saturated heterocycles. The third-order valence-corrected chi connectivity index (χ3v) is 5.10. The van der Waals surface area contributed by atoms with Crippen LogP contribution in [0, 0.1) is 11.3 Å². The van der Waals surface area contributed by atoms with Gasteiger partial charge in [0.1, 0.15) is 5.82 Å². The van der Waals surface area contributed by atoms with Crippen LogP contribution in [0.2, 0.25) is 0 Å². The summed E-state index contributed by atoms with van der Waals surface area (Å²) >= 11 is 0. The minimum atomic E-state index is 0.438. The molecule has 0 radical (unpaired) electrons. The van der Waals surface area contributed by atoms with Gasteiger partial charge in [0.05, 0.1) is 6.54 Å². The number of nitrogens with zero attached hydrogens (tertiary/aromatic N) is 3. The van der Waals surface area contributed by atoms with Crippen LogP contribution in [-0.4, -0.2) is 40.6 Å². The van der Waals surface area contributed by atoms with Crippen molar-refractivity contribution in [2.45, 2.75) is 45.8 Å². The summed E-state index contributed by atoms with van der Waals surface area (Å²) in [6, 6.07) is 0.647. The van der Waals surface area contributed by atoms with Crippen molar-refractivity contribution in [3.05, 3.63) is 18.2 Å². The van der Waals surface area contributed by atoms with Gasteiger partial charge in [0.25, 0.3) is 0 Å². The van der Waals surface area contributed by atoms with Gasteiger partial charge in [-0.1, -0.05) is 13.8 Å². The first-order chi connectivity index (χ1) is 9.10. The molecule has 4 nitrogen and oxygen atoms in total. The molecule has 106 valence electrons. The van der Waals surface area contributed by atoms with E-state index in [0.717, 1.165) is 25.6 Å². The highest BCUT2D eigenvalue weighted by molar-refractivity contribution is 4.99. The molecule has 1 aliphatic carbocycles. The van der Waals surface area contributed by atoms with E-state index in [1.807, 2.05) is 6.20 Å². The number of aromatic nitrogens is 2. The Kier molecular flexibility index (Phi) is 3.39. The molecule has 1 aromatic rings. The molecule has 0 amide bonds. The highest BCUT2D eigenvalue weighted by Crippen LogP contribution is 2.41. The smallest absolute Gasteiger partial charge is 0.122 e. The molecule has 1 fully saturated rings. The lowest BCUT2D eigenvalue weighted by Crippen LogP contribution is -2.45. The maximum Gasteiger partial charge on any atom is 0.122 e. The Morgan fingerprint density at radius 2 is 2.26 bits per heavy atom. The van der Waals surface area contributed by atoms with E-state index in [9.17, 15) is 0 Å². The molecular weight excluding hydrogens is 236 g/mol. The predicted molar refractivity (Wildman–Crippen MR) is 76.9 cm³/mol. The Labute approximate surface area is 116 Å². The molecule has 4 heteroatoms. The lowest BCUT2D eigenvalue weighted by atomic mass is 9.85. The van der Waals surface area contributed by atoms with Gasteiger partial charge in [-0.2, -0.15) is 0 Å². The number of nitrogens with one attached hydrogen (secondary N) is 1. The molecule has 1 aromatic heterocycles. The summed E-state index contributed by atoms with van der Waals surface area (Å²) in [6.07, 6.45) is 6.71. The first-order valence-corrected chi connectivity index (χ1v) is 7.50. The number of imidazole rings is 1. The third-order valence-electron chi connectivity index (χ3n) is 5.10. The first-order valence-electron chi connectivity index (χ1n) is 7.50. The van der Waals surface area contributed by atoms with E-state index in [0.29, 0.717) is 11.5 Å². The molecule has 19 heavy (non-hydrogen) atoms. The fourth-order valence-corrected chi connectivity index (χ4v) is 4.05. The van der Waals surface area contributed by atoms with Crippen molar-refractivity contribution in [1.82, 2.24) is 19.8 Å². The molecule has 0 spiro atoms. The van der Waals surface area contributed by atoms with E-state index in [4.69, 9.17) is 0 Å². The summed E-state index contributed by atoms with van der Waals surface area (Å²) < 4.78 is 2.28. The van der Waals surface area contributed by atoms with Gasteiger partial charge < -0.3 is 9.88 Å². The third kappa shape index (κ3) is 2.43. The Hall–Kier alpha value is -0.870. The Bertz CT molecular complexity index is 437. The van der Waals surface area contributed by atoms with Gasteiger partial charge in [0.15, 0.2) is 0 Å². The zero-order valence-electron chi connectivity index (χ0n) is 12.4. The second kappa shape index (κ2) is 4.91. The summed E-state index contributed by atoms with van der Waals surface area (Å²) in [6.45, 7) is 9.28. The van der Waals surface area contributed by atoms with Gasteiger partial charge in [-0.05, 0) is 31.2 Å². The maximum absolute atomic E-state index is 4.46. The molecule has 2 atom stereocenters. The molecule has 1 N–H and O–H groups in total. The lowest BCUT2D eigenvalue weighted by Gasteiger charge is -2.35. The minimum absolute atomic E-state index is 0.438. The van der Waals surface area contributed by atoms with Gasteiger partial charge in [-0.15, -0.1) is 0 Å². The van der Waals surface area contributed by atoms with Crippen LogP contribution >= 0.6 is 0 Å². The molecule has 0 aromatic carbocycles. The molecule has 3 rings (SSSR count). The number of hydrogen-bond acceptors (Lipinski definition) is 3. The maximum atomic E-state index is 4.46. The molecule has 1 aliphatic heterocycles. The van der Waals surface area contributed by atoms with Gasteiger partial charge in [0, 0.05) is 38.1 Å². The van der Waals surface area contributed by atoms with Crippen molar-refractivity contribution in [1.29, 1.82) is 0 Å². The Balaban J connectivity index is 1.64. The summed E-state index contributed by atoms with van der Waals surface area (Å²) in [4.78, 5) is 7.04. The zero-order valence-corrected chi connectivity index (χ0v) is 12.4. The average Bonchev–Trinajstić information content (AvgIpc) is 2.93. The van der Waals surface area contributed by atoms with Crippen molar-refractivity contribution in [3.63, 3.8) is 0 Å². The van der Waals surface area contributed by atoms with Crippen LogP contribution in [0.4, 0.5) is 0 Å². The van der Waals surface area contributed by atoms with E-state index in [-0.39, 0.29) is 0 Å². The van der Waals surface area contributed by atoms with E-state index in [1.54, 1.807) is 0 Å². The summed E-state index contributed by atoms with van der Waals surface area (Å²) in [7, 11) is 2.12. The quantitative estimate of drug-likeness (QED) is 0.900. The summed E-state index contributed by atoms with van der Waals surface area (Å²) in [5.41, 5.74) is 0.438. The monoisotopic (exact) mass is 262 g/mol. The fourth-order valence-electron chi connectivity index (χ4n) is 4.05. The van der Waals surface area contributed by atoms with Gasteiger partial charge in [-0.25, -0.2) is 4.98 Å². The lowest BCUT2D eigenvalue weighted by molar-refractivity contribution is 0.159. The molecule has 2 heterocycles. The highest BCUT2D eigenvalue weighted by atomic mass is 15.2. The normalized spacial score (nSPS) is 30.5. The number of rotatable bonds is 3. The summed E-state index contributed by atoms with van der Waals surface area (Å²) in [5.74, 6) is 2.01. The van der Waals surface area contributed by atoms with Crippen molar-refractivity contribution in [2.24, 2.45) is 11.3 Å². The number of fused-ring (bicyclic) bond motifs is 1. The SMILES string of the molecule is CNC1C(CN2CCn3ccnc3C2)CCC1(C)C. The van der Waals surface area contributed by atoms with E-state index >= 15 is 0 Å². The second-order valence-electron chi connectivity index (χ2n) is 6.83. The Morgan fingerprint density at radius 3 is 3.05 bits per heavy atom. The molecule has 1 saturated carbocycles. The molecule has 2 aliphatic rings. The average molecular weight is 262 g/mol. The largest absolute Gasteiger partial charge is 0.333 e. The first kappa shape index (κ1) is 13.1. The van der Waals surface area contributed by atoms with Crippen LogP contribution < -0.4 is 5.32 Å². The van der Waals surface area contributed by atoms with Crippen LogP contribution in [0.25, 0.3) is 0 Å². The standard InChI is InChI=1S/C15H26N4/c1-15(2)5-4-12(14(15)16-3)10-18-8-9-19-7-6-17-13(19)11-18/h6-7,12,14,16H,4-5,8-11H2,1-3H3. The molecule has 0 bridgehead atoms. The van der Waals surface area contributed by atoms with Crippen LogP contribution in [0.15, 0.2) is 12.4 Å². The molecular formula is C15H26N4. The van der Waals surface area contributed by atoms with Crippen molar-refractivity contribution in [2.75, 3.05) is 20.1 Å². The van der Waals surface area contributed by atoms with Crippen molar-refractivity contribution >= 4 is 0 Å². The Morgan fingerprint density at radius 1 is 1.42 bits per heavy atom. The van der Waals surface area contributed by atoms with E-state index < -0.39 is 0 Å². The summed E-state index contributed by atoms with van der Waals surface area (Å²) in [5, 5.41) is 3.56. The van der Waals surface area contributed by atoms with Crippen molar-refractivity contribution < 1.29 is 0 Å². The fraction of sp³-hybridized carbons (Fsp3) is 0.800. The van der Waals surface area contributed by atoms with Gasteiger partial charge in [-0.3, -0.25) is 4.90 Å². The van der Waals surface area contributed by atoms with E-state index in [2.05, 4.69) is 46.9 Å². The molecule has 2 unspecified atom stereocenters. The second-order valence-corrected chi connectivity index (χ2v) is 6.83. The van der Waals surface area contributed by atoms with Crippen molar-refractivity contribution in [3.8, 4) is 0 Å². The topological polar surface area (TPSA) is 33.1 Å². The zero-order chi connectivity index (χ0) is 13.5. The number of hydrogen-bond donors (Lipinski definition) is 1. The van der Waals surface area contributed by atoms with E-state index in [1.165, 1.54) is 25.2 Å². The van der Waals surface area contributed by atoms with Crippen LogP contribution in [-0.2, 0) is 13.1 Å². The van der Waals surface area contributed by atoms with Crippen LogP contribution in [0.1, 0.15) is 32.5 Å². The van der Waals surface area contributed by atoms with Crippen LogP contribution in [0.3, 0.4) is 0 Å². The highest BCUT2D eigenvalue weighted by Gasteiger charge is 2.41. The predicted octanol–water partition coefficient (Wildman–Crippen LogP) is 1.72. The minimum Gasteiger partial charge on any atom is -0.333 e. The van der Waals surface area contributed by atoms with Gasteiger partial charge >= 0.3 is 0 Å². The van der Waals surface area contributed by atoms with Gasteiger partial charge in [0.2, 0.25) is 0 Å². The van der Waals surface area contributed by atoms with Crippen LogP contribution in [0.5, 0.6) is 0 Å².